The van der Waals surface area contributed by atoms with Gasteiger partial charge in [0, 0.05) is 30.5 Å². The third kappa shape index (κ3) is 3.30. The summed E-state index contributed by atoms with van der Waals surface area (Å²) in [5, 5.41) is 3.23. The average molecular weight is 275 g/mol. The molecule has 0 bridgehead atoms. The first-order chi connectivity index (χ1) is 9.61. The number of hydrogen-bond donors (Lipinski definition) is 1. The highest BCUT2D eigenvalue weighted by atomic mass is 19.1. The van der Waals surface area contributed by atoms with E-state index in [1.807, 2.05) is 13.8 Å². The third-order valence-electron chi connectivity index (χ3n) is 3.09. The summed E-state index contributed by atoms with van der Waals surface area (Å²) in [5.41, 5.74) is 2.21. The van der Waals surface area contributed by atoms with Crippen LogP contribution < -0.4 is 10.1 Å². The lowest BCUT2D eigenvalue weighted by molar-refractivity contribution is 0.393. The molecule has 0 amide bonds. The number of benzene rings is 1. The van der Waals surface area contributed by atoms with Crippen molar-refractivity contribution in [2.75, 3.05) is 7.11 Å². The summed E-state index contributed by atoms with van der Waals surface area (Å²) in [6.07, 6.45) is 3.43. The molecule has 0 aliphatic heterocycles. The van der Waals surface area contributed by atoms with Crippen LogP contribution in [0.15, 0.2) is 30.6 Å². The van der Waals surface area contributed by atoms with Gasteiger partial charge in [-0.1, -0.05) is 6.07 Å². The van der Waals surface area contributed by atoms with Gasteiger partial charge in [0.15, 0.2) is 0 Å². The second-order valence-electron chi connectivity index (χ2n) is 4.61. The summed E-state index contributed by atoms with van der Waals surface area (Å²) in [6, 6.07) is 4.63. The SMILES string of the molecule is COc1cccc(F)c1C(C)NCc1cnc(C)cn1. The van der Waals surface area contributed by atoms with Crippen LogP contribution in [0.5, 0.6) is 5.75 Å². The first kappa shape index (κ1) is 14.4. The van der Waals surface area contributed by atoms with Crippen LogP contribution in [0.3, 0.4) is 0 Å². The van der Waals surface area contributed by atoms with Crippen molar-refractivity contribution in [1.82, 2.24) is 15.3 Å². The van der Waals surface area contributed by atoms with Crippen LogP contribution in [-0.2, 0) is 6.54 Å². The molecule has 1 N–H and O–H groups in total. The highest BCUT2D eigenvalue weighted by Gasteiger charge is 2.16. The van der Waals surface area contributed by atoms with Gasteiger partial charge in [-0.3, -0.25) is 9.97 Å². The molecule has 5 heteroatoms. The van der Waals surface area contributed by atoms with E-state index in [-0.39, 0.29) is 11.9 Å². The van der Waals surface area contributed by atoms with Gasteiger partial charge in [0.1, 0.15) is 11.6 Å². The number of rotatable bonds is 5. The summed E-state index contributed by atoms with van der Waals surface area (Å²) in [5.74, 6) is 0.263. The number of halogens is 1. The van der Waals surface area contributed by atoms with Crippen LogP contribution in [0.25, 0.3) is 0 Å². The molecular formula is C15H18FN3O. The maximum atomic E-state index is 13.9. The molecule has 106 valence electrons. The van der Waals surface area contributed by atoms with Gasteiger partial charge < -0.3 is 10.1 Å². The molecule has 1 unspecified atom stereocenters. The van der Waals surface area contributed by atoms with Crippen LogP contribution in [0.4, 0.5) is 4.39 Å². The molecule has 1 heterocycles. The minimum absolute atomic E-state index is 0.186. The molecule has 1 aromatic heterocycles. The van der Waals surface area contributed by atoms with Crippen LogP contribution >= 0.6 is 0 Å². The Morgan fingerprint density at radius 2 is 2.10 bits per heavy atom. The summed E-state index contributed by atoms with van der Waals surface area (Å²) in [7, 11) is 1.54. The van der Waals surface area contributed by atoms with Crippen molar-refractivity contribution in [2.45, 2.75) is 26.4 Å². The van der Waals surface area contributed by atoms with E-state index >= 15 is 0 Å². The van der Waals surface area contributed by atoms with Crippen molar-refractivity contribution in [2.24, 2.45) is 0 Å². The second kappa shape index (κ2) is 6.43. The highest BCUT2D eigenvalue weighted by Crippen LogP contribution is 2.27. The highest BCUT2D eigenvalue weighted by molar-refractivity contribution is 5.36. The predicted octanol–water partition coefficient (Wildman–Crippen LogP) is 2.78. The summed E-state index contributed by atoms with van der Waals surface area (Å²) in [4.78, 5) is 8.44. The van der Waals surface area contributed by atoms with Crippen LogP contribution in [0.1, 0.15) is 29.9 Å². The first-order valence-electron chi connectivity index (χ1n) is 6.45. The predicted molar refractivity (Wildman–Crippen MR) is 75.0 cm³/mol. The lowest BCUT2D eigenvalue weighted by Gasteiger charge is -2.17. The zero-order valence-electron chi connectivity index (χ0n) is 11.9. The molecule has 0 saturated heterocycles. The number of aromatic nitrogens is 2. The Morgan fingerprint density at radius 3 is 2.75 bits per heavy atom. The fourth-order valence-electron chi connectivity index (χ4n) is 1.99. The molecule has 0 fully saturated rings. The topological polar surface area (TPSA) is 47.0 Å². The zero-order valence-corrected chi connectivity index (χ0v) is 11.9. The molecule has 0 saturated carbocycles. The Kier molecular flexibility index (Phi) is 4.63. The van der Waals surface area contributed by atoms with Gasteiger partial charge in [-0.25, -0.2) is 4.39 Å². The third-order valence-corrected chi connectivity index (χ3v) is 3.09. The van der Waals surface area contributed by atoms with Crippen molar-refractivity contribution < 1.29 is 9.13 Å². The molecule has 1 aromatic carbocycles. The van der Waals surface area contributed by atoms with Gasteiger partial charge in [-0.2, -0.15) is 0 Å². The van der Waals surface area contributed by atoms with Gasteiger partial charge in [-0.05, 0) is 26.0 Å². The van der Waals surface area contributed by atoms with Crippen LogP contribution in [0, 0.1) is 12.7 Å². The van der Waals surface area contributed by atoms with E-state index < -0.39 is 0 Å². The number of nitrogens with zero attached hydrogens (tertiary/aromatic N) is 2. The van der Waals surface area contributed by atoms with Gasteiger partial charge >= 0.3 is 0 Å². The second-order valence-corrected chi connectivity index (χ2v) is 4.61. The number of methoxy groups -OCH3 is 1. The minimum Gasteiger partial charge on any atom is -0.496 e. The summed E-state index contributed by atoms with van der Waals surface area (Å²) in [6.45, 7) is 4.30. The fraction of sp³-hybridized carbons (Fsp3) is 0.333. The molecule has 0 aliphatic carbocycles. The number of aryl methyl sites for hydroxylation is 1. The molecule has 4 nitrogen and oxygen atoms in total. The Hall–Kier alpha value is -2.01. The quantitative estimate of drug-likeness (QED) is 0.911. The lowest BCUT2D eigenvalue weighted by Crippen LogP contribution is -2.20. The van der Waals surface area contributed by atoms with Crippen molar-refractivity contribution >= 4 is 0 Å². The van der Waals surface area contributed by atoms with Crippen molar-refractivity contribution in [3.05, 3.63) is 53.4 Å². The van der Waals surface area contributed by atoms with E-state index in [0.717, 1.165) is 11.4 Å². The van der Waals surface area contributed by atoms with E-state index in [4.69, 9.17) is 4.74 Å². The molecule has 2 aromatic rings. The maximum absolute atomic E-state index is 13.9. The normalized spacial score (nSPS) is 12.2. The van der Waals surface area contributed by atoms with E-state index in [9.17, 15) is 4.39 Å². The standard InChI is InChI=1S/C15H18FN3O/c1-10-7-19-12(8-17-10)9-18-11(2)15-13(16)5-4-6-14(15)20-3/h4-8,11,18H,9H2,1-3H3. The van der Waals surface area contributed by atoms with Crippen LogP contribution in [-0.4, -0.2) is 17.1 Å². The molecule has 0 radical (unpaired) electrons. The molecule has 20 heavy (non-hydrogen) atoms. The first-order valence-corrected chi connectivity index (χ1v) is 6.45. The lowest BCUT2D eigenvalue weighted by atomic mass is 10.1. The number of nitrogens with one attached hydrogen (secondary N) is 1. The smallest absolute Gasteiger partial charge is 0.131 e. The maximum Gasteiger partial charge on any atom is 0.131 e. The Labute approximate surface area is 118 Å². The minimum atomic E-state index is -0.278. The van der Waals surface area contributed by atoms with Crippen molar-refractivity contribution in [1.29, 1.82) is 0 Å². The van der Waals surface area contributed by atoms with Crippen molar-refractivity contribution in [3.8, 4) is 5.75 Å². The van der Waals surface area contributed by atoms with E-state index in [0.29, 0.717) is 17.9 Å². The van der Waals surface area contributed by atoms with Gasteiger partial charge in [0.2, 0.25) is 0 Å². The average Bonchev–Trinajstić information content (AvgIpc) is 2.46. The van der Waals surface area contributed by atoms with Gasteiger partial charge in [0.05, 0.1) is 18.5 Å². The zero-order chi connectivity index (χ0) is 14.5. The molecule has 0 spiro atoms. The van der Waals surface area contributed by atoms with Crippen LogP contribution in [0.2, 0.25) is 0 Å². The van der Waals surface area contributed by atoms with Gasteiger partial charge in [-0.15, -0.1) is 0 Å². The van der Waals surface area contributed by atoms with Crippen molar-refractivity contribution in [3.63, 3.8) is 0 Å². The monoisotopic (exact) mass is 275 g/mol. The van der Waals surface area contributed by atoms with Gasteiger partial charge in [0.25, 0.3) is 0 Å². The Morgan fingerprint density at radius 1 is 1.30 bits per heavy atom. The molecular weight excluding hydrogens is 257 g/mol. The molecule has 1 atom stereocenters. The summed E-state index contributed by atoms with van der Waals surface area (Å²) < 4.78 is 19.1. The number of hydrogen-bond acceptors (Lipinski definition) is 4. The summed E-state index contributed by atoms with van der Waals surface area (Å²) >= 11 is 0. The van der Waals surface area contributed by atoms with E-state index in [2.05, 4.69) is 15.3 Å². The Bertz CT molecular complexity index is 572. The fourth-order valence-corrected chi connectivity index (χ4v) is 1.99. The largest absolute Gasteiger partial charge is 0.496 e. The van der Waals surface area contributed by atoms with E-state index in [1.54, 1.807) is 24.5 Å². The number of ether oxygens (including phenoxy) is 1. The van der Waals surface area contributed by atoms with E-state index in [1.165, 1.54) is 13.2 Å². The molecule has 0 aliphatic rings. The molecule has 2 rings (SSSR count). The Balaban J connectivity index is 2.08.